The standard InChI is InChI=1S/C8H6BrClN2/c1-5-6(2-3-11)4-7(9)8(10)12-5/h4H,2H2,1H3. The predicted octanol–water partition coefficient (Wildman–Crippen LogP) is 2.87. The van der Waals surface area contributed by atoms with Crippen molar-refractivity contribution < 1.29 is 0 Å². The Balaban J connectivity index is 3.16. The van der Waals surface area contributed by atoms with Crippen LogP contribution in [0.4, 0.5) is 0 Å². The maximum Gasteiger partial charge on any atom is 0.143 e. The molecule has 0 amide bonds. The second kappa shape index (κ2) is 3.88. The average molecular weight is 246 g/mol. The normalized spacial score (nSPS) is 9.50. The van der Waals surface area contributed by atoms with Gasteiger partial charge in [0.1, 0.15) is 5.15 Å². The Morgan fingerprint density at radius 1 is 1.75 bits per heavy atom. The molecule has 1 aromatic rings. The van der Waals surface area contributed by atoms with Gasteiger partial charge in [0.05, 0.1) is 17.0 Å². The van der Waals surface area contributed by atoms with E-state index < -0.39 is 0 Å². The number of aromatic nitrogens is 1. The summed E-state index contributed by atoms with van der Waals surface area (Å²) in [5, 5.41) is 8.92. The van der Waals surface area contributed by atoms with Gasteiger partial charge in [0.25, 0.3) is 0 Å². The van der Waals surface area contributed by atoms with E-state index in [1.807, 2.05) is 13.0 Å². The van der Waals surface area contributed by atoms with Crippen molar-refractivity contribution in [1.82, 2.24) is 4.98 Å². The Hall–Kier alpha value is -0.590. The molecule has 62 valence electrons. The fourth-order valence-corrected chi connectivity index (χ4v) is 1.40. The smallest absolute Gasteiger partial charge is 0.143 e. The lowest BCUT2D eigenvalue weighted by atomic mass is 10.1. The molecule has 0 aliphatic rings. The first kappa shape index (κ1) is 9.50. The quantitative estimate of drug-likeness (QED) is 0.713. The summed E-state index contributed by atoms with van der Waals surface area (Å²) in [4.78, 5) is 4.06. The molecule has 0 N–H and O–H groups in total. The van der Waals surface area contributed by atoms with Gasteiger partial charge in [-0.3, -0.25) is 0 Å². The summed E-state index contributed by atoms with van der Waals surface area (Å²) in [6.45, 7) is 1.84. The van der Waals surface area contributed by atoms with Gasteiger partial charge >= 0.3 is 0 Å². The summed E-state index contributed by atoms with van der Waals surface area (Å²) in [6, 6.07) is 3.89. The molecule has 0 saturated heterocycles. The SMILES string of the molecule is Cc1nc(Cl)c(Br)cc1CC#N. The number of nitriles is 1. The highest BCUT2D eigenvalue weighted by Crippen LogP contribution is 2.22. The molecule has 2 nitrogen and oxygen atoms in total. The van der Waals surface area contributed by atoms with Gasteiger partial charge < -0.3 is 0 Å². The van der Waals surface area contributed by atoms with Crippen LogP contribution in [0.2, 0.25) is 5.15 Å². The van der Waals surface area contributed by atoms with Crippen molar-refractivity contribution >= 4 is 27.5 Å². The van der Waals surface area contributed by atoms with Crippen LogP contribution in [0.25, 0.3) is 0 Å². The van der Waals surface area contributed by atoms with Gasteiger partial charge in [-0.2, -0.15) is 5.26 Å². The van der Waals surface area contributed by atoms with Gasteiger partial charge in [0.15, 0.2) is 0 Å². The number of aryl methyl sites for hydroxylation is 1. The molecule has 0 aliphatic heterocycles. The predicted molar refractivity (Wildman–Crippen MR) is 51.0 cm³/mol. The van der Waals surface area contributed by atoms with Gasteiger partial charge in [-0.05, 0) is 34.5 Å². The molecule has 1 aromatic heterocycles. The minimum Gasteiger partial charge on any atom is -0.240 e. The monoisotopic (exact) mass is 244 g/mol. The van der Waals surface area contributed by atoms with Crippen molar-refractivity contribution in [1.29, 1.82) is 5.26 Å². The first-order valence-corrected chi connectivity index (χ1v) is 4.50. The molecule has 0 aromatic carbocycles. The molecule has 0 unspecified atom stereocenters. The zero-order valence-corrected chi connectivity index (χ0v) is 8.78. The number of hydrogen-bond acceptors (Lipinski definition) is 2. The molecule has 0 atom stereocenters. The van der Waals surface area contributed by atoms with Crippen LogP contribution in [0.1, 0.15) is 11.3 Å². The summed E-state index contributed by atoms with van der Waals surface area (Å²) in [5.74, 6) is 0. The Morgan fingerprint density at radius 2 is 2.42 bits per heavy atom. The lowest BCUT2D eigenvalue weighted by Gasteiger charge is -2.02. The minimum absolute atomic E-state index is 0.370. The molecule has 0 fully saturated rings. The Labute approximate surface area is 84.3 Å². The van der Waals surface area contributed by atoms with Crippen LogP contribution in [0.5, 0.6) is 0 Å². The lowest BCUT2D eigenvalue weighted by Crippen LogP contribution is -1.92. The number of nitrogens with zero attached hydrogens (tertiary/aromatic N) is 2. The molecule has 0 saturated carbocycles. The third kappa shape index (κ3) is 1.96. The third-order valence-corrected chi connectivity index (χ3v) is 2.62. The molecule has 0 bridgehead atoms. The zero-order valence-electron chi connectivity index (χ0n) is 6.43. The van der Waals surface area contributed by atoms with Gasteiger partial charge in [-0.15, -0.1) is 0 Å². The lowest BCUT2D eigenvalue weighted by molar-refractivity contribution is 1.10. The first-order chi connectivity index (χ1) is 5.65. The van der Waals surface area contributed by atoms with Gasteiger partial charge in [-0.1, -0.05) is 11.6 Å². The van der Waals surface area contributed by atoms with Crippen LogP contribution in [-0.2, 0) is 6.42 Å². The highest BCUT2D eigenvalue weighted by atomic mass is 79.9. The minimum atomic E-state index is 0.370. The number of pyridine rings is 1. The third-order valence-electron chi connectivity index (χ3n) is 1.50. The number of halogens is 2. The van der Waals surface area contributed by atoms with Crippen LogP contribution in [0.15, 0.2) is 10.5 Å². The summed E-state index contributed by atoms with van der Waals surface area (Å²) in [7, 11) is 0. The summed E-state index contributed by atoms with van der Waals surface area (Å²) < 4.78 is 0.736. The van der Waals surface area contributed by atoms with Crippen molar-refractivity contribution in [2.24, 2.45) is 0 Å². The summed E-state index contributed by atoms with van der Waals surface area (Å²) in [6.07, 6.45) is 0.370. The largest absolute Gasteiger partial charge is 0.240 e. The number of hydrogen-bond donors (Lipinski definition) is 0. The van der Waals surface area contributed by atoms with Crippen LogP contribution < -0.4 is 0 Å². The second-order valence-corrected chi connectivity index (χ2v) is 3.55. The van der Waals surface area contributed by atoms with E-state index in [0.29, 0.717) is 11.6 Å². The molecule has 1 rings (SSSR count). The van der Waals surface area contributed by atoms with Gasteiger partial charge in [0, 0.05) is 5.69 Å². The topological polar surface area (TPSA) is 36.7 Å². The van der Waals surface area contributed by atoms with E-state index in [1.54, 1.807) is 0 Å². The number of rotatable bonds is 1. The van der Waals surface area contributed by atoms with Gasteiger partial charge in [-0.25, -0.2) is 4.98 Å². The summed E-state index contributed by atoms with van der Waals surface area (Å²) >= 11 is 8.99. The van der Waals surface area contributed by atoms with E-state index in [1.165, 1.54) is 0 Å². The fourth-order valence-electron chi connectivity index (χ4n) is 0.854. The Kier molecular flexibility index (Phi) is 3.07. The maximum absolute atomic E-state index is 8.48. The van der Waals surface area contributed by atoms with Crippen LogP contribution in [-0.4, -0.2) is 4.98 Å². The van der Waals surface area contributed by atoms with Crippen LogP contribution in [0, 0.1) is 18.3 Å². The molecular weight excluding hydrogens is 239 g/mol. The highest BCUT2D eigenvalue weighted by molar-refractivity contribution is 9.10. The fraction of sp³-hybridized carbons (Fsp3) is 0.250. The van der Waals surface area contributed by atoms with Crippen LogP contribution in [0.3, 0.4) is 0 Å². The molecule has 0 radical (unpaired) electrons. The maximum atomic E-state index is 8.48. The second-order valence-electron chi connectivity index (χ2n) is 2.34. The van der Waals surface area contributed by atoms with E-state index in [-0.39, 0.29) is 0 Å². The Bertz CT molecular complexity index is 344. The average Bonchev–Trinajstić information content (AvgIpc) is 2.01. The molecule has 0 spiro atoms. The first-order valence-electron chi connectivity index (χ1n) is 3.33. The van der Waals surface area contributed by atoms with Crippen molar-refractivity contribution in [3.8, 4) is 6.07 Å². The van der Waals surface area contributed by atoms with Crippen molar-refractivity contribution in [2.45, 2.75) is 13.3 Å². The van der Waals surface area contributed by atoms with Gasteiger partial charge in [0.2, 0.25) is 0 Å². The van der Waals surface area contributed by atoms with E-state index in [4.69, 9.17) is 16.9 Å². The van der Waals surface area contributed by atoms with E-state index in [2.05, 4.69) is 27.0 Å². The summed E-state index contributed by atoms with van der Waals surface area (Å²) in [5.41, 5.74) is 1.72. The van der Waals surface area contributed by atoms with E-state index in [9.17, 15) is 0 Å². The molecule has 1 heterocycles. The van der Waals surface area contributed by atoms with E-state index >= 15 is 0 Å². The molecule has 4 heteroatoms. The van der Waals surface area contributed by atoms with Crippen molar-refractivity contribution in [2.75, 3.05) is 0 Å². The van der Waals surface area contributed by atoms with Crippen molar-refractivity contribution in [3.05, 3.63) is 26.9 Å². The molecule has 12 heavy (non-hydrogen) atoms. The van der Waals surface area contributed by atoms with Crippen LogP contribution >= 0.6 is 27.5 Å². The highest BCUT2D eigenvalue weighted by Gasteiger charge is 2.04. The molecule has 0 aliphatic carbocycles. The zero-order chi connectivity index (χ0) is 9.14. The van der Waals surface area contributed by atoms with Crippen molar-refractivity contribution in [3.63, 3.8) is 0 Å². The molecular formula is C8H6BrClN2. The van der Waals surface area contributed by atoms with E-state index in [0.717, 1.165) is 15.7 Å². The Morgan fingerprint density at radius 3 is 3.00 bits per heavy atom.